The molecule has 0 bridgehead atoms. The molecule has 3 heteroatoms. The van der Waals surface area contributed by atoms with Crippen molar-refractivity contribution in [1.82, 2.24) is 4.90 Å². The highest BCUT2D eigenvalue weighted by atomic mass is 35.5. The van der Waals surface area contributed by atoms with Gasteiger partial charge in [-0.05, 0) is 49.1 Å². The quantitative estimate of drug-likeness (QED) is 0.816. The van der Waals surface area contributed by atoms with Gasteiger partial charge in [0, 0.05) is 38.4 Å². The maximum absolute atomic E-state index is 2.69. The van der Waals surface area contributed by atoms with E-state index in [-0.39, 0.29) is 12.4 Å². The van der Waals surface area contributed by atoms with Crippen molar-refractivity contribution in [3.05, 3.63) is 29.8 Å². The van der Waals surface area contributed by atoms with Gasteiger partial charge in [0.25, 0.3) is 0 Å². The lowest BCUT2D eigenvalue weighted by atomic mass is 9.95. The number of hydrogen-bond acceptors (Lipinski definition) is 2. The Morgan fingerprint density at radius 2 is 1.55 bits per heavy atom. The Morgan fingerprint density at radius 3 is 2.23 bits per heavy atom. The van der Waals surface area contributed by atoms with Gasteiger partial charge < -0.3 is 4.90 Å². The van der Waals surface area contributed by atoms with Crippen LogP contribution in [0.15, 0.2) is 24.3 Å². The van der Waals surface area contributed by atoms with Crippen LogP contribution in [-0.4, -0.2) is 37.6 Å². The van der Waals surface area contributed by atoms with Gasteiger partial charge in [0.1, 0.15) is 0 Å². The summed E-state index contributed by atoms with van der Waals surface area (Å²) in [5.74, 6) is 1.85. The van der Waals surface area contributed by atoms with Crippen molar-refractivity contribution in [3.63, 3.8) is 0 Å². The molecule has 1 heterocycles. The summed E-state index contributed by atoms with van der Waals surface area (Å²) in [6, 6.07) is 9.22. The Morgan fingerprint density at radius 1 is 0.864 bits per heavy atom. The van der Waals surface area contributed by atoms with Crippen LogP contribution >= 0.6 is 12.4 Å². The van der Waals surface area contributed by atoms with Crippen LogP contribution in [0.25, 0.3) is 0 Å². The first-order valence-electron chi connectivity index (χ1n) is 8.96. The zero-order valence-corrected chi connectivity index (χ0v) is 14.4. The fraction of sp³-hybridized carbons (Fsp3) is 0.684. The molecule has 122 valence electrons. The summed E-state index contributed by atoms with van der Waals surface area (Å²) in [4.78, 5) is 5.34. The molecule has 22 heavy (non-hydrogen) atoms. The molecule has 3 fully saturated rings. The van der Waals surface area contributed by atoms with Gasteiger partial charge in [-0.3, -0.25) is 4.90 Å². The average molecular weight is 321 g/mol. The molecule has 3 aliphatic rings. The zero-order valence-electron chi connectivity index (χ0n) is 13.5. The van der Waals surface area contributed by atoms with Crippen molar-refractivity contribution in [3.8, 4) is 0 Å². The molecule has 2 aliphatic carbocycles. The molecule has 0 spiro atoms. The fourth-order valence-electron chi connectivity index (χ4n) is 4.19. The monoisotopic (exact) mass is 320 g/mol. The Balaban J connectivity index is 0.00000144. The van der Waals surface area contributed by atoms with Crippen molar-refractivity contribution in [2.24, 2.45) is 5.92 Å². The molecule has 0 aromatic heterocycles. The molecule has 0 atom stereocenters. The zero-order chi connectivity index (χ0) is 14.1. The van der Waals surface area contributed by atoms with E-state index in [1.807, 2.05) is 0 Å². The van der Waals surface area contributed by atoms with E-state index in [4.69, 9.17) is 0 Å². The van der Waals surface area contributed by atoms with E-state index in [1.165, 1.54) is 76.9 Å². The van der Waals surface area contributed by atoms with Crippen molar-refractivity contribution >= 4 is 18.1 Å². The molecular weight excluding hydrogens is 292 g/mol. The van der Waals surface area contributed by atoms with E-state index in [9.17, 15) is 0 Å². The van der Waals surface area contributed by atoms with Crippen molar-refractivity contribution in [2.75, 3.05) is 37.6 Å². The molecule has 1 aliphatic heterocycles. The number of rotatable bonds is 4. The van der Waals surface area contributed by atoms with E-state index in [0.29, 0.717) is 0 Å². The second-order valence-corrected chi connectivity index (χ2v) is 7.27. The minimum atomic E-state index is 0. The predicted octanol–water partition coefficient (Wildman–Crippen LogP) is 4.30. The van der Waals surface area contributed by atoms with Gasteiger partial charge in [-0.15, -0.1) is 12.4 Å². The smallest absolute Gasteiger partial charge is 0.0402 e. The van der Waals surface area contributed by atoms with Crippen LogP contribution in [0.4, 0.5) is 5.69 Å². The van der Waals surface area contributed by atoms with E-state index >= 15 is 0 Å². The van der Waals surface area contributed by atoms with E-state index in [0.717, 1.165) is 11.8 Å². The van der Waals surface area contributed by atoms with Gasteiger partial charge in [0.05, 0.1) is 0 Å². The van der Waals surface area contributed by atoms with Crippen LogP contribution in [0.3, 0.4) is 0 Å². The highest BCUT2D eigenvalue weighted by molar-refractivity contribution is 5.85. The summed E-state index contributed by atoms with van der Waals surface area (Å²) in [5, 5.41) is 0. The lowest BCUT2D eigenvalue weighted by Crippen LogP contribution is -2.47. The highest BCUT2D eigenvalue weighted by Crippen LogP contribution is 2.39. The Bertz CT molecular complexity index is 472. The van der Waals surface area contributed by atoms with Crippen LogP contribution in [0.1, 0.15) is 50.0 Å². The number of halogens is 1. The largest absolute Gasteiger partial charge is 0.369 e. The highest BCUT2D eigenvalue weighted by Gasteiger charge is 2.28. The summed E-state index contributed by atoms with van der Waals surface area (Å²) >= 11 is 0. The molecule has 0 N–H and O–H groups in total. The lowest BCUT2D eigenvalue weighted by molar-refractivity contribution is 0.248. The number of benzene rings is 1. The van der Waals surface area contributed by atoms with Gasteiger partial charge >= 0.3 is 0 Å². The number of nitrogens with zero attached hydrogens (tertiary/aromatic N) is 2. The molecule has 2 nitrogen and oxygen atoms in total. The molecule has 0 radical (unpaired) electrons. The normalized spacial score (nSPS) is 23.5. The van der Waals surface area contributed by atoms with Gasteiger partial charge in [-0.25, -0.2) is 0 Å². The van der Waals surface area contributed by atoms with E-state index in [1.54, 1.807) is 5.56 Å². The first-order valence-corrected chi connectivity index (χ1v) is 8.96. The molecule has 0 unspecified atom stereocenters. The Hall–Kier alpha value is -0.730. The van der Waals surface area contributed by atoms with Crippen LogP contribution in [0.5, 0.6) is 0 Å². The molecular formula is C19H29ClN2. The third-order valence-corrected chi connectivity index (χ3v) is 5.66. The van der Waals surface area contributed by atoms with Gasteiger partial charge in [-0.2, -0.15) is 0 Å². The van der Waals surface area contributed by atoms with Crippen molar-refractivity contribution < 1.29 is 0 Å². The molecule has 1 aromatic carbocycles. The first kappa shape index (κ1) is 16.1. The van der Waals surface area contributed by atoms with Crippen LogP contribution in [0.2, 0.25) is 0 Å². The van der Waals surface area contributed by atoms with Crippen LogP contribution in [0, 0.1) is 5.92 Å². The predicted molar refractivity (Wildman–Crippen MR) is 96.3 cm³/mol. The van der Waals surface area contributed by atoms with Crippen LogP contribution < -0.4 is 4.90 Å². The van der Waals surface area contributed by atoms with E-state index in [2.05, 4.69) is 34.1 Å². The minimum Gasteiger partial charge on any atom is -0.369 e. The fourth-order valence-corrected chi connectivity index (χ4v) is 4.19. The van der Waals surface area contributed by atoms with Crippen molar-refractivity contribution in [1.29, 1.82) is 0 Å². The van der Waals surface area contributed by atoms with Gasteiger partial charge in [0.15, 0.2) is 0 Å². The summed E-state index contributed by atoms with van der Waals surface area (Å²) in [6.07, 6.45) is 8.61. The summed E-state index contributed by atoms with van der Waals surface area (Å²) in [7, 11) is 0. The number of hydrogen-bond donors (Lipinski definition) is 0. The van der Waals surface area contributed by atoms with Crippen molar-refractivity contribution in [2.45, 2.75) is 44.4 Å². The standard InChI is InChI=1S/C19H28N2.ClH/c1-2-6-17(5-1)18-7-3-4-8-19(18)21-13-11-20(12-14-21)15-16-9-10-16;/h3-4,7-8,16-17H,1-2,5-6,9-15H2;1H. The number of anilines is 1. The number of para-hydroxylation sites is 1. The second kappa shape index (κ2) is 7.23. The third kappa shape index (κ3) is 3.60. The molecule has 4 rings (SSSR count). The van der Waals surface area contributed by atoms with Gasteiger partial charge in [0.2, 0.25) is 0 Å². The minimum absolute atomic E-state index is 0. The van der Waals surface area contributed by atoms with Crippen LogP contribution in [-0.2, 0) is 0 Å². The lowest BCUT2D eigenvalue weighted by Gasteiger charge is -2.37. The topological polar surface area (TPSA) is 6.48 Å². The Kier molecular flexibility index (Phi) is 5.30. The van der Waals surface area contributed by atoms with Gasteiger partial charge in [-0.1, -0.05) is 31.0 Å². The molecule has 1 aromatic rings. The maximum Gasteiger partial charge on any atom is 0.0402 e. The molecule has 2 saturated carbocycles. The first-order chi connectivity index (χ1) is 10.4. The molecule has 0 amide bonds. The van der Waals surface area contributed by atoms with E-state index < -0.39 is 0 Å². The Labute approximate surface area is 141 Å². The average Bonchev–Trinajstić information content (AvgIpc) is 3.18. The SMILES string of the molecule is Cl.c1ccc(N2CCN(CC3CC3)CC2)c(C2CCCC2)c1. The second-order valence-electron chi connectivity index (χ2n) is 7.27. The maximum atomic E-state index is 2.69. The molecule has 1 saturated heterocycles. The summed E-state index contributed by atoms with van der Waals surface area (Å²) < 4.78 is 0. The summed E-state index contributed by atoms with van der Waals surface area (Å²) in [5.41, 5.74) is 3.17. The summed E-state index contributed by atoms with van der Waals surface area (Å²) in [6.45, 7) is 6.32. The third-order valence-electron chi connectivity index (χ3n) is 5.66. The number of piperazine rings is 1.